The highest BCUT2D eigenvalue weighted by Gasteiger charge is 2.18. The fourth-order valence-corrected chi connectivity index (χ4v) is 2.53. The summed E-state index contributed by atoms with van der Waals surface area (Å²) in [5.74, 6) is 0.202. The molecule has 2 rings (SSSR count). The second kappa shape index (κ2) is 8.61. The van der Waals surface area contributed by atoms with E-state index in [2.05, 4.69) is 15.3 Å². The summed E-state index contributed by atoms with van der Waals surface area (Å²) in [7, 11) is 1.71. The standard InChI is InChI=1S/C17H21ClN4O2/c1-12-9-15(21-17(19-2)20-12)16(24)22(7-4-8-23)11-13-5-3-6-14(18)10-13/h3,5-6,9-10,23H,4,7-8,11H2,1-2H3,(H,19,20,21). The summed E-state index contributed by atoms with van der Waals surface area (Å²) in [5, 5.41) is 12.6. The van der Waals surface area contributed by atoms with Gasteiger partial charge in [-0.1, -0.05) is 23.7 Å². The van der Waals surface area contributed by atoms with Gasteiger partial charge < -0.3 is 15.3 Å². The molecule has 0 fully saturated rings. The van der Waals surface area contributed by atoms with Crippen LogP contribution in [-0.2, 0) is 6.54 Å². The number of rotatable bonds is 7. The highest BCUT2D eigenvalue weighted by molar-refractivity contribution is 6.30. The number of anilines is 1. The molecule has 6 nitrogen and oxygen atoms in total. The minimum Gasteiger partial charge on any atom is -0.396 e. The van der Waals surface area contributed by atoms with E-state index in [1.54, 1.807) is 24.1 Å². The molecule has 2 N–H and O–H groups in total. The number of aryl methyl sites for hydroxylation is 1. The van der Waals surface area contributed by atoms with Gasteiger partial charge in [-0.15, -0.1) is 0 Å². The first-order valence-corrected chi connectivity index (χ1v) is 8.09. The average Bonchev–Trinajstić information content (AvgIpc) is 2.57. The number of aliphatic hydroxyl groups excluding tert-OH is 1. The highest BCUT2D eigenvalue weighted by Crippen LogP contribution is 2.15. The van der Waals surface area contributed by atoms with Gasteiger partial charge in [-0.2, -0.15) is 0 Å². The fourth-order valence-electron chi connectivity index (χ4n) is 2.32. The monoisotopic (exact) mass is 348 g/mol. The molecule has 1 amide bonds. The molecule has 0 atom stereocenters. The van der Waals surface area contributed by atoms with Crippen molar-refractivity contribution < 1.29 is 9.90 Å². The fraction of sp³-hybridized carbons (Fsp3) is 0.353. The normalized spacial score (nSPS) is 10.5. The van der Waals surface area contributed by atoms with Crippen molar-refractivity contribution in [1.82, 2.24) is 14.9 Å². The van der Waals surface area contributed by atoms with Gasteiger partial charge in [0.1, 0.15) is 5.69 Å². The number of halogens is 1. The number of benzene rings is 1. The van der Waals surface area contributed by atoms with Gasteiger partial charge in [-0.25, -0.2) is 9.97 Å². The number of carbonyl (C=O) groups is 1. The minimum atomic E-state index is -0.203. The second-order valence-corrected chi connectivity index (χ2v) is 5.84. The van der Waals surface area contributed by atoms with Gasteiger partial charge in [0, 0.05) is 37.5 Å². The van der Waals surface area contributed by atoms with Gasteiger partial charge in [-0.3, -0.25) is 4.79 Å². The number of amides is 1. The molecule has 128 valence electrons. The maximum Gasteiger partial charge on any atom is 0.272 e. The molecule has 0 spiro atoms. The van der Waals surface area contributed by atoms with Crippen molar-refractivity contribution >= 4 is 23.5 Å². The molecule has 0 aliphatic rings. The third-order valence-corrected chi connectivity index (χ3v) is 3.67. The lowest BCUT2D eigenvalue weighted by molar-refractivity contribution is 0.0726. The van der Waals surface area contributed by atoms with Crippen LogP contribution in [0.4, 0.5) is 5.95 Å². The summed E-state index contributed by atoms with van der Waals surface area (Å²) in [5.41, 5.74) is 1.96. The van der Waals surface area contributed by atoms with Crippen LogP contribution in [0.3, 0.4) is 0 Å². The molecule has 0 saturated heterocycles. The first-order valence-electron chi connectivity index (χ1n) is 7.71. The van der Waals surface area contributed by atoms with Crippen LogP contribution in [0.1, 0.15) is 28.2 Å². The van der Waals surface area contributed by atoms with Crippen molar-refractivity contribution in [2.45, 2.75) is 19.9 Å². The predicted molar refractivity (Wildman–Crippen MR) is 94.2 cm³/mol. The maximum atomic E-state index is 12.9. The first-order chi connectivity index (χ1) is 11.5. The van der Waals surface area contributed by atoms with Crippen molar-refractivity contribution in [1.29, 1.82) is 0 Å². The van der Waals surface area contributed by atoms with Gasteiger partial charge in [0.2, 0.25) is 5.95 Å². The Balaban J connectivity index is 2.26. The van der Waals surface area contributed by atoms with Crippen LogP contribution in [0, 0.1) is 6.92 Å². The zero-order valence-electron chi connectivity index (χ0n) is 13.8. The molecule has 0 unspecified atom stereocenters. The Labute approximate surface area is 146 Å². The highest BCUT2D eigenvalue weighted by atomic mass is 35.5. The second-order valence-electron chi connectivity index (χ2n) is 5.40. The van der Waals surface area contributed by atoms with Gasteiger partial charge in [0.05, 0.1) is 0 Å². The number of nitrogens with one attached hydrogen (secondary N) is 1. The lowest BCUT2D eigenvalue weighted by atomic mass is 10.2. The van der Waals surface area contributed by atoms with Crippen molar-refractivity contribution in [2.75, 3.05) is 25.5 Å². The van der Waals surface area contributed by atoms with E-state index in [0.717, 1.165) is 5.56 Å². The van der Waals surface area contributed by atoms with E-state index in [-0.39, 0.29) is 12.5 Å². The Bertz CT molecular complexity index is 709. The molecular formula is C17H21ClN4O2. The van der Waals surface area contributed by atoms with Crippen LogP contribution >= 0.6 is 11.6 Å². The third kappa shape index (κ3) is 4.91. The summed E-state index contributed by atoms with van der Waals surface area (Å²) in [6, 6.07) is 9.03. The zero-order chi connectivity index (χ0) is 17.5. The van der Waals surface area contributed by atoms with Crippen LogP contribution in [0.25, 0.3) is 0 Å². The molecule has 0 bridgehead atoms. The average molecular weight is 349 g/mol. The molecular weight excluding hydrogens is 328 g/mol. The number of aromatic nitrogens is 2. The largest absolute Gasteiger partial charge is 0.396 e. The molecule has 1 aromatic carbocycles. The molecule has 7 heteroatoms. The lowest BCUT2D eigenvalue weighted by Crippen LogP contribution is -2.33. The van der Waals surface area contributed by atoms with Gasteiger partial charge in [0.25, 0.3) is 5.91 Å². The van der Waals surface area contributed by atoms with E-state index < -0.39 is 0 Å². The van der Waals surface area contributed by atoms with Crippen LogP contribution in [0.15, 0.2) is 30.3 Å². The van der Waals surface area contributed by atoms with Gasteiger partial charge in [-0.05, 0) is 37.1 Å². The van der Waals surface area contributed by atoms with E-state index in [9.17, 15) is 4.79 Å². The van der Waals surface area contributed by atoms with Gasteiger partial charge in [0.15, 0.2) is 0 Å². The van der Waals surface area contributed by atoms with Crippen LogP contribution in [-0.4, -0.2) is 46.1 Å². The van der Waals surface area contributed by atoms with Crippen LogP contribution in [0.5, 0.6) is 0 Å². The Morgan fingerprint density at radius 3 is 2.79 bits per heavy atom. The minimum absolute atomic E-state index is 0.0178. The molecule has 0 aliphatic carbocycles. The molecule has 0 aliphatic heterocycles. The topological polar surface area (TPSA) is 78.4 Å². The van der Waals surface area contributed by atoms with Crippen LogP contribution < -0.4 is 5.32 Å². The Hall–Kier alpha value is -2.18. The quantitative estimate of drug-likeness (QED) is 0.803. The Kier molecular flexibility index (Phi) is 6.52. The summed E-state index contributed by atoms with van der Waals surface area (Å²) in [6.07, 6.45) is 0.495. The maximum absolute atomic E-state index is 12.9. The van der Waals surface area contributed by atoms with E-state index in [4.69, 9.17) is 16.7 Å². The van der Waals surface area contributed by atoms with E-state index >= 15 is 0 Å². The van der Waals surface area contributed by atoms with Crippen molar-refractivity contribution in [3.05, 3.63) is 52.3 Å². The molecule has 24 heavy (non-hydrogen) atoms. The number of carbonyl (C=O) groups excluding carboxylic acids is 1. The number of aliphatic hydroxyl groups is 1. The number of hydrogen-bond acceptors (Lipinski definition) is 5. The first kappa shape index (κ1) is 18.2. The Morgan fingerprint density at radius 2 is 2.12 bits per heavy atom. The summed E-state index contributed by atoms with van der Waals surface area (Å²) < 4.78 is 0. The third-order valence-electron chi connectivity index (χ3n) is 3.43. The SMILES string of the molecule is CNc1nc(C)cc(C(=O)N(CCCO)Cc2cccc(Cl)c2)n1. The summed E-state index contributed by atoms with van der Waals surface area (Å²) in [4.78, 5) is 22.9. The van der Waals surface area contributed by atoms with Crippen molar-refractivity contribution in [3.8, 4) is 0 Å². The molecule has 2 aromatic rings. The van der Waals surface area contributed by atoms with Crippen LogP contribution in [0.2, 0.25) is 5.02 Å². The summed E-state index contributed by atoms with van der Waals surface area (Å²) in [6.45, 7) is 2.66. The number of nitrogens with zero attached hydrogens (tertiary/aromatic N) is 3. The zero-order valence-corrected chi connectivity index (χ0v) is 14.5. The molecule has 0 radical (unpaired) electrons. The Morgan fingerprint density at radius 1 is 1.33 bits per heavy atom. The molecule has 0 saturated carbocycles. The van der Waals surface area contributed by atoms with Crippen molar-refractivity contribution in [3.63, 3.8) is 0 Å². The number of hydrogen-bond donors (Lipinski definition) is 2. The summed E-state index contributed by atoms with van der Waals surface area (Å²) >= 11 is 6.02. The smallest absolute Gasteiger partial charge is 0.272 e. The van der Waals surface area contributed by atoms with E-state index in [1.165, 1.54) is 0 Å². The lowest BCUT2D eigenvalue weighted by Gasteiger charge is -2.22. The van der Waals surface area contributed by atoms with E-state index in [1.807, 2.05) is 25.1 Å². The van der Waals surface area contributed by atoms with E-state index in [0.29, 0.717) is 41.9 Å². The predicted octanol–water partition coefficient (Wildman–Crippen LogP) is 2.50. The van der Waals surface area contributed by atoms with Gasteiger partial charge >= 0.3 is 0 Å². The molecule has 1 heterocycles. The molecule has 1 aromatic heterocycles. The van der Waals surface area contributed by atoms with Crippen molar-refractivity contribution in [2.24, 2.45) is 0 Å².